The Morgan fingerprint density at radius 2 is 2.00 bits per heavy atom. The van der Waals surface area contributed by atoms with E-state index in [0.717, 1.165) is 11.3 Å². The Morgan fingerprint density at radius 3 is 2.68 bits per heavy atom. The first-order valence-corrected chi connectivity index (χ1v) is 8.21. The van der Waals surface area contributed by atoms with Gasteiger partial charge in [0.15, 0.2) is 12.7 Å². The second-order valence-electron chi connectivity index (χ2n) is 7.03. The van der Waals surface area contributed by atoms with E-state index >= 15 is 0 Å². The Bertz CT molecular complexity index is 679. The number of benzene rings is 1. The number of aryl methyl sites for hydroxylation is 1. The molecule has 136 valence electrons. The van der Waals surface area contributed by atoms with Gasteiger partial charge in [0.2, 0.25) is 5.91 Å². The molecule has 7 heteroatoms. The van der Waals surface area contributed by atoms with Crippen molar-refractivity contribution in [1.82, 2.24) is 5.32 Å². The van der Waals surface area contributed by atoms with E-state index in [2.05, 4.69) is 10.6 Å². The number of carbonyl (C=O) groups is 3. The van der Waals surface area contributed by atoms with E-state index in [4.69, 9.17) is 9.47 Å². The smallest absolute Gasteiger partial charge is 0.344 e. The lowest BCUT2D eigenvalue weighted by Crippen LogP contribution is -2.46. The number of esters is 1. The highest BCUT2D eigenvalue weighted by Crippen LogP contribution is 2.26. The minimum Gasteiger partial charge on any atom is -0.482 e. The summed E-state index contributed by atoms with van der Waals surface area (Å²) in [6.45, 7) is 6.77. The van der Waals surface area contributed by atoms with Crippen LogP contribution in [-0.4, -0.2) is 36.0 Å². The zero-order chi connectivity index (χ0) is 18.6. The molecule has 0 aliphatic carbocycles. The van der Waals surface area contributed by atoms with Gasteiger partial charge in [-0.1, -0.05) is 0 Å². The molecule has 25 heavy (non-hydrogen) atoms. The van der Waals surface area contributed by atoms with Gasteiger partial charge in [0.05, 0.1) is 0 Å². The monoisotopic (exact) mass is 348 g/mol. The number of ether oxygens (including phenoxy) is 2. The fraction of sp³-hybridized carbons (Fsp3) is 0.500. The standard InChI is InChI=1S/C18H24N2O5/c1-11(17(23)20-18(2,3)4)25-16(22)10-24-13-6-7-14-12(9-13)5-8-15(21)19-14/h6-7,9,11H,5,8,10H2,1-4H3,(H,19,21)(H,20,23). The van der Waals surface area contributed by atoms with Crippen molar-refractivity contribution in [2.45, 2.75) is 52.2 Å². The molecule has 1 heterocycles. The molecule has 2 rings (SSSR count). The van der Waals surface area contributed by atoms with Crippen molar-refractivity contribution in [2.24, 2.45) is 0 Å². The SMILES string of the molecule is CC(OC(=O)COc1ccc2c(c1)CCC(=O)N2)C(=O)NC(C)(C)C. The van der Waals surface area contributed by atoms with Crippen molar-refractivity contribution < 1.29 is 23.9 Å². The molecule has 1 aliphatic rings. The average molecular weight is 348 g/mol. The van der Waals surface area contributed by atoms with Crippen molar-refractivity contribution in [3.05, 3.63) is 23.8 Å². The first kappa shape index (κ1) is 18.8. The van der Waals surface area contributed by atoms with Crippen LogP contribution >= 0.6 is 0 Å². The summed E-state index contributed by atoms with van der Waals surface area (Å²) in [4.78, 5) is 35.1. The van der Waals surface area contributed by atoms with Crippen LogP contribution in [-0.2, 0) is 25.5 Å². The van der Waals surface area contributed by atoms with Crippen LogP contribution in [0.1, 0.15) is 39.7 Å². The largest absolute Gasteiger partial charge is 0.482 e. The van der Waals surface area contributed by atoms with E-state index < -0.39 is 17.6 Å². The van der Waals surface area contributed by atoms with Gasteiger partial charge in [0.1, 0.15) is 5.75 Å². The third-order valence-corrected chi connectivity index (χ3v) is 3.50. The number of rotatable bonds is 5. The van der Waals surface area contributed by atoms with Crippen LogP contribution in [0.4, 0.5) is 5.69 Å². The van der Waals surface area contributed by atoms with Crippen LogP contribution in [0.2, 0.25) is 0 Å². The molecular weight excluding hydrogens is 324 g/mol. The van der Waals surface area contributed by atoms with Crippen LogP contribution in [0.15, 0.2) is 18.2 Å². The van der Waals surface area contributed by atoms with Crippen LogP contribution in [0.25, 0.3) is 0 Å². The molecule has 0 bridgehead atoms. The zero-order valence-corrected chi connectivity index (χ0v) is 15.0. The number of amides is 2. The molecule has 1 aromatic rings. The van der Waals surface area contributed by atoms with Gasteiger partial charge in [0.25, 0.3) is 5.91 Å². The Balaban J connectivity index is 1.84. The Labute approximate surface area is 147 Å². The second-order valence-corrected chi connectivity index (χ2v) is 7.03. The lowest BCUT2D eigenvalue weighted by atomic mass is 10.0. The first-order chi connectivity index (χ1) is 11.6. The third-order valence-electron chi connectivity index (χ3n) is 3.50. The molecule has 1 aliphatic heterocycles. The highest BCUT2D eigenvalue weighted by atomic mass is 16.6. The van der Waals surface area contributed by atoms with Crippen LogP contribution < -0.4 is 15.4 Å². The van der Waals surface area contributed by atoms with Gasteiger partial charge < -0.3 is 20.1 Å². The van der Waals surface area contributed by atoms with Gasteiger partial charge in [0, 0.05) is 17.6 Å². The molecule has 2 N–H and O–H groups in total. The van der Waals surface area contributed by atoms with Crippen molar-refractivity contribution in [3.8, 4) is 5.75 Å². The fourth-order valence-corrected chi connectivity index (χ4v) is 2.35. The van der Waals surface area contributed by atoms with Crippen molar-refractivity contribution in [3.63, 3.8) is 0 Å². The van der Waals surface area contributed by atoms with Crippen LogP contribution in [0, 0.1) is 0 Å². The lowest BCUT2D eigenvalue weighted by Gasteiger charge is -2.23. The maximum Gasteiger partial charge on any atom is 0.344 e. The molecule has 7 nitrogen and oxygen atoms in total. The van der Waals surface area contributed by atoms with E-state index in [1.54, 1.807) is 18.2 Å². The van der Waals surface area contributed by atoms with Gasteiger partial charge in [-0.25, -0.2) is 4.79 Å². The van der Waals surface area contributed by atoms with Crippen LogP contribution in [0.5, 0.6) is 5.75 Å². The van der Waals surface area contributed by atoms with Crippen LogP contribution in [0.3, 0.4) is 0 Å². The minimum absolute atomic E-state index is 0.00716. The van der Waals surface area contributed by atoms with E-state index in [-0.39, 0.29) is 18.4 Å². The van der Waals surface area contributed by atoms with E-state index in [1.807, 2.05) is 20.8 Å². The maximum atomic E-state index is 11.9. The topological polar surface area (TPSA) is 93.7 Å². The summed E-state index contributed by atoms with van der Waals surface area (Å²) in [6.07, 6.45) is 0.167. The average Bonchev–Trinajstić information content (AvgIpc) is 2.51. The van der Waals surface area contributed by atoms with Gasteiger partial charge in [-0.05, 0) is 57.9 Å². The number of nitrogens with one attached hydrogen (secondary N) is 2. The minimum atomic E-state index is -0.894. The molecule has 0 fully saturated rings. The van der Waals surface area contributed by atoms with Crippen molar-refractivity contribution in [2.75, 3.05) is 11.9 Å². The molecule has 1 aromatic carbocycles. The predicted octanol–water partition coefficient (Wildman–Crippen LogP) is 1.80. The van der Waals surface area contributed by atoms with Gasteiger partial charge in [-0.2, -0.15) is 0 Å². The maximum absolute atomic E-state index is 11.9. The quantitative estimate of drug-likeness (QED) is 0.792. The number of anilines is 1. The molecule has 0 spiro atoms. The Morgan fingerprint density at radius 1 is 1.28 bits per heavy atom. The molecular formula is C18H24N2O5. The highest BCUT2D eigenvalue weighted by Gasteiger charge is 2.22. The Hall–Kier alpha value is -2.57. The highest BCUT2D eigenvalue weighted by molar-refractivity contribution is 5.94. The summed E-state index contributed by atoms with van der Waals surface area (Å²) < 4.78 is 10.5. The third kappa shape index (κ3) is 5.77. The fourth-order valence-electron chi connectivity index (χ4n) is 2.35. The number of fused-ring (bicyclic) bond motifs is 1. The van der Waals surface area contributed by atoms with E-state index in [1.165, 1.54) is 6.92 Å². The predicted molar refractivity (Wildman–Crippen MR) is 92.3 cm³/mol. The van der Waals surface area contributed by atoms with E-state index in [9.17, 15) is 14.4 Å². The zero-order valence-electron chi connectivity index (χ0n) is 15.0. The summed E-state index contributed by atoms with van der Waals surface area (Å²) in [6, 6.07) is 5.21. The molecule has 2 amide bonds. The number of hydrogen-bond acceptors (Lipinski definition) is 5. The molecule has 1 atom stereocenters. The molecule has 0 saturated heterocycles. The molecule has 0 radical (unpaired) electrons. The summed E-state index contributed by atoms with van der Waals surface area (Å²) in [5.74, 6) is -0.473. The van der Waals surface area contributed by atoms with E-state index in [0.29, 0.717) is 18.6 Å². The Kier molecular flexibility index (Phi) is 5.66. The van der Waals surface area contributed by atoms with Crippen molar-refractivity contribution in [1.29, 1.82) is 0 Å². The summed E-state index contributed by atoms with van der Waals surface area (Å²) >= 11 is 0. The van der Waals surface area contributed by atoms with Gasteiger partial charge in [-0.15, -0.1) is 0 Å². The molecule has 0 aromatic heterocycles. The number of hydrogen-bond donors (Lipinski definition) is 2. The normalized spacial score (nSPS) is 14.8. The first-order valence-electron chi connectivity index (χ1n) is 8.21. The lowest BCUT2D eigenvalue weighted by molar-refractivity contribution is -0.157. The summed E-state index contributed by atoms with van der Waals surface area (Å²) in [7, 11) is 0. The number of carbonyl (C=O) groups excluding carboxylic acids is 3. The molecule has 1 unspecified atom stereocenters. The second kappa shape index (κ2) is 7.55. The van der Waals surface area contributed by atoms with Gasteiger partial charge in [-0.3, -0.25) is 9.59 Å². The summed E-state index contributed by atoms with van der Waals surface area (Å²) in [5.41, 5.74) is 1.33. The summed E-state index contributed by atoms with van der Waals surface area (Å²) in [5, 5.41) is 5.52. The van der Waals surface area contributed by atoms with Crippen molar-refractivity contribution >= 4 is 23.5 Å². The molecule has 0 saturated carbocycles. The van der Waals surface area contributed by atoms with Gasteiger partial charge >= 0.3 is 5.97 Å².